The second-order valence-electron chi connectivity index (χ2n) is 6.60. The van der Waals surface area contributed by atoms with Crippen LogP contribution in [0.1, 0.15) is 18.1 Å². The lowest BCUT2D eigenvalue weighted by atomic mass is 10.1. The summed E-state index contributed by atoms with van der Waals surface area (Å²) in [6, 6.07) is 22.6. The van der Waals surface area contributed by atoms with Crippen molar-refractivity contribution < 1.29 is 9.53 Å². The molecule has 1 amide bonds. The van der Waals surface area contributed by atoms with Gasteiger partial charge in [-0.2, -0.15) is 11.8 Å². The fourth-order valence-corrected chi connectivity index (χ4v) is 3.58. The number of benzene rings is 3. The first-order valence-electron chi connectivity index (χ1n) is 9.18. The minimum Gasteiger partial charge on any atom is -0.481 e. The van der Waals surface area contributed by atoms with Gasteiger partial charge in [-0.3, -0.25) is 4.79 Å². The van der Waals surface area contributed by atoms with Gasteiger partial charge in [-0.1, -0.05) is 60.2 Å². The van der Waals surface area contributed by atoms with Gasteiger partial charge in [0.2, 0.25) is 0 Å². The monoisotopic (exact) mass is 379 g/mol. The number of ether oxygens (including phenoxy) is 1. The summed E-state index contributed by atoms with van der Waals surface area (Å²) in [7, 11) is 0. The maximum absolute atomic E-state index is 12.2. The molecule has 0 fully saturated rings. The van der Waals surface area contributed by atoms with E-state index in [9.17, 15) is 4.79 Å². The largest absolute Gasteiger partial charge is 0.481 e. The molecule has 0 radical (unpaired) electrons. The van der Waals surface area contributed by atoms with Gasteiger partial charge in [0.1, 0.15) is 5.75 Å². The van der Waals surface area contributed by atoms with E-state index in [1.165, 1.54) is 11.1 Å². The average Bonchev–Trinajstić information content (AvgIpc) is 2.69. The molecule has 1 N–H and O–H groups in total. The molecule has 0 bridgehead atoms. The van der Waals surface area contributed by atoms with Gasteiger partial charge in [-0.15, -0.1) is 0 Å². The van der Waals surface area contributed by atoms with Crippen molar-refractivity contribution in [3.8, 4) is 5.75 Å². The van der Waals surface area contributed by atoms with Crippen molar-refractivity contribution in [2.24, 2.45) is 0 Å². The minimum absolute atomic E-state index is 0.0842. The van der Waals surface area contributed by atoms with Gasteiger partial charge >= 0.3 is 0 Å². The minimum atomic E-state index is -0.520. The molecule has 0 spiro atoms. The number of rotatable bonds is 8. The van der Waals surface area contributed by atoms with E-state index in [0.717, 1.165) is 22.3 Å². The first-order valence-corrected chi connectivity index (χ1v) is 10.3. The fraction of sp³-hybridized carbons (Fsp3) is 0.261. The van der Waals surface area contributed by atoms with Crippen molar-refractivity contribution in [2.75, 3.05) is 12.3 Å². The van der Waals surface area contributed by atoms with Crippen molar-refractivity contribution in [3.63, 3.8) is 0 Å². The Labute approximate surface area is 165 Å². The number of amides is 1. The molecule has 3 rings (SSSR count). The van der Waals surface area contributed by atoms with Crippen molar-refractivity contribution >= 4 is 28.4 Å². The van der Waals surface area contributed by atoms with Gasteiger partial charge < -0.3 is 10.1 Å². The predicted molar refractivity (Wildman–Crippen MR) is 114 cm³/mol. The molecule has 0 unspecified atom stereocenters. The molecule has 0 aliphatic rings. The van der Waals surface area contributed by atoms with Crippen LogP contribution in [0.4, 0.5) is 0 Å². The van der Waals surface area contributed by atoms with E-state index in [-0.39, 0.29) is 5.91 Å². The number of fused-ring (bicyclic) bond motifs is 1. The van der Waals surface area contributed by atoms with E-state index >= 15 is 0 Å². The van der Waals surface area contributed by atoms with Gasteiger partial charge in [0.25, 0.3) is 5.91 Å². The lowest BCUT2D eigenvalue weighted by Gasteiger charge is -2.15. The molecule has 0 aliphatic heterocycles. The standard InChI is InChI=1S/C23H25NO2S/c1-17-7-9-19(10-8-17)16-27-14-13-24-23(25)18(2)26-22-12-11-20-5-3-4-6-21(20)15-22/h3-12,15,18H,13-14,16H2,1-2H3,(H,24,25)/t18-/m1/s1. The lowest BCUT2D eigenvalue weighted by molar-refractivity contribution is -0.127. The number of hydrogen-bond donors (Lipinski definition) is 1. The second-order valence-corrected chi connectivity index (χ2v) is 7.70. The highest BCUT2D eigenvalue weighted by Gasteiger charge is 2.14. The van der Waals surface area contributed by atoms with Crippen LogP contribution in [0.3, 0.4) is 0 Å². The van der Waals surface area contributed by atoms with Gasteiger partial charge in [0.05, 0.1) is 0 Å². The van der Waals surface area contributed by atoms with E-state index in [1.54, 1.807) is 6.92 Å². The Morgan fingerprint density at radius 2 is 1.78 bits per heavy atom. The molecule has 3 aromatic rings. The molecule has 3 aromatic carbocycles. The summed E-state index contributed by atoms with van der Waals surface area (Å²) < 4.78 is 5.80. The molecule has 0 saturated heterocycles. The van der Waals surface area contributed by atoms with Crippen LogP contribution < -0.4 is 10.1 Å². The fourth-order valence-electron chi connectivity index (χ4n) is 2.76. The van der Waals surface area contributed by atoms with Crippen LogP contribution in [0.2, 0.25) is 0 Å². The van der Waals surface area contributed by atoms with Crippen LogP contribution in [0.25, 0.3) is 10.8 Å². The van der Waals surface area contributed by atoms with Crippen molar-refractivity contribution in [2.45, 2.75) is 25.7 Å². The first kappa shape index (κ1) is 19.3. The Morgan fingerprint density at radius 3 is 2.56 bits per heavy atom. The summed E-state index contributed by atoms with van der Waals surface area (Å²) in [6.45, 7) is 4.51. The van der Waals surface area contributed by atoms with Crippen molar-refractivity contribution in [1.29, 1.82) is 0 Å². The Morgan fingerprint density at radius 1 is 1.04 bits per heavy atom. The van der Waals surface area contributed by atoms with E-state index < -0.39 is 6.10 Å². The van der Waals surface area contributed by atoms with Crippen molar-refractivity contribution in [3.05, 3.63) is 77.9 Å². The molecule has 0 saturated carbocycles. The normalized spacial score (nSPS) is 11.9. The maximum Gasteiger partial charge on any atom is 0.260 e. The number of carbonyl (C=O) groups excluding carboxylic acids is 1. The van der Waals surface area contributed by atoms with Crippen LogP contribution in [0.15, 0.2) is 66.7 Å². The zero-order valence-corrected chi connectivity index (χ0v) is 16.6. The van der Waals surface area contributed by atoms with Gasteiger partial charge in [0.15, 0.2) is 6.10 Å². The van der Waals surface area contributed by atoms with E-state index in [0.29, 0.717) is 12.3 Å². The smallest absolute Gasteiger partial charge is 0.260 e. The van der Waals surface area contributed by atoms with Crippen LogP contribution >= 0.6 is 11.8 Å². The van der Waals surface area contributed by atoms with Crippen LogP contribution in [0.5, 0.6) is 5.75 Å². The van der Waals surface area contributed by atoms with E-state index in [4.69, 9.17) is 4.74 Å². The molecule has 1 atom stereocenters. The van der Waals surface area contributed by atoms with Gasteiger partial charge in [-0.05, 0) is 42.3 Å². The molecule has 0 aromatic heterocycles. The second kappa shape index (κ2) is 9.47. The van der Waals surface area contributed by atoms with Crippen molar-refractivity contribution in [1.82, 2.24) is 5.32 Å². The van der Waals surface area contributed by atoms with Gasteiger partial charge in [-0.25, -0.2) is 0 Å². The summed E-state index contributed by atoms with van der Waals surface area (Å²) in [5.41, 5.74) is 2.58. The highest BCUT2D eigenvalue weighted by atomic mass is 32.2. The third kappa shape index (κ3) is 5.76. The highest BCUT2D eigenvalue weighted by Crippen LogP contribution is 2.21. The number of aryl methyl sites for hydroxylation is 1. The molecule has 3 nitrogen and oxygen atoms in total. The first-order chi connectivity index (χ1) is 13.1. The van der Waals surface area contributed by atoms with E-state index in [2.05, 4.69) is 42.6 Å². The van der Waals surface area contributed by atoms with Crippen LogP contribution in [-0.4, -0.2) is 24.3 Å². The number of nitrogens with one attached hydrogen (secondary N) is 1. The average molecular weight is 380 g/mol. The summed E-state index contributed by atoms with van der Waals surface area (Å²) >= 11 is 1.82. The number of thioether (sulfide) groups is 1. The zero-order valence-electron chi connectivity index (χ0n) is 15.8. The predicted octanol–water partition coefficient (Wildman–Crippen LogP) is 4.97. The highest BCUT2D eigenvalue weighted by molar-refractivity contribution is 7.98. The zero-order chi connectivity index (χ0) is 19.1. The Bertz CT molecular complexity index is 892. The summed E-state index contributed by atoms with van der Waals surface area (Å²) in [5.74, 6) is 2.46. The number of hydrogen-bond acceptors (Lipinski definition) is 3. The Hall–Kier alpha value is -2.46. The Kier molecular flexibility index (Phi) is 6.77. The molecule has 0 aliphatic carbocycles. The summed E-state index contributed by atoms with van der Waals surface area (Å²) in [5, 5.41) is 5.22. The third-order valence-electron chi connectivity index (χ3n) is 4.34. The summed E-state index contributed by atoms with van der Waals surface area (Å²) in [4.78, 5) is 12.2. The maximum atomic E-state index is 12.2. The molecular weight excluding hydrogens is 354 g/mol. The topological polar surface area (TPSA) is 38.3 Å². The summed E-state index contributed by atoms with van der Waals surface area (Å²) in [6.07, 6.45) is -0.520. The van der Waals surface area contributed by atoms with Crippen LogP contribution in [0, 0.1) is 6.92 Å². The quantitative estimate of drug-likeness (QED) is 0.562. The SMILES string of the molecule is Cc1ccc(CSCCNC(=O)[C@@H](C)Oc2ccc3ccccc3c2)cc1. The third-order valence-corrected chi connectivity index (χ3v) is 5.37. The Balaban J connectivity index is 1.40. The lowest BCUT2D eigenvalue weighted by Crippen LogP contribution is -2.37. The molecule has 27 heavy (non-hydrogen) atoms. The molecular formula is C23H25NO2S. The number of carbonyl (C=O) groups is 1. The molecule has 0 heterocycles. The van der Waals surface area contributed by atoms with Crippen LogP contribution in [-0.2, 0) is 10.5 Å². The molecule has 140 valence electrons. The van der Waals surface area contributed by atoms with Gasteiger partial charge in [0, 0.05) is 18.1 Å². The van der Waals surface area contributed by atoms with E-state index in [1.807, 2.05) is 48.2 Å². The molecule has 4 heteroatoms.